The summed E-state index contributed by atoms with van der Waals surface area (Å²) in [5.74, 6) is 0.492. The highest BCUT2D eigenvalue weighted by molar-refractivity contribution is 7.89. The van der Waals surface area contributed by atoms with Gasteiger partial charge >= 0.3 is 0 Å². The number of amides is 1. The molecule has 1 heterocycles. The molecule has 3 aromatic carbocycles. The minimum atomic E-state index is -3.72. The van der Waals surface area contributed by atoms with E-state index in [1.165, 1.54) is 10.4 Å². The summed E-state index contributed by atoms with van der Waals surface area (Å²) in [7, 11) is -3.72. The number of nitrogens with one attached hydrogen (secondary N) is 1. The first-order valence-electron chi connectivity index (χ1n) is 11.2. The molecule has 8 heteroatoms. The molecule has 1 aliphatic rings. The number of anilines is 1. The molecule has 0 aliphatic carbocycles. The lowest BCUT2D eigenvalue weighted by molar-refractivity contribution is -0.118. The molecule has 3 aromatic rings. The fourth-order valence-electron chi connectivity index (χ4n) is 3.91. The highest BCUT2D eigenvalue weighted by Gasteiger charge is 2.29. The summed E-state index contributed by atoms with van der Waals surface area (Å²) < 4.78 is 39.2. The van der Waals surface area contributed by atoms with Crippen molar-refractivity contribution in [2.24, 2.45) is 0 Å². The van der Waals surface area contributed by atoms with Crippen LogP contribution in [0.1, 0.15) is 26.2 Å². The standard InChI is InChI=1S/C25H28N2O5S/c1-2-31-23-13-11-21(17-24(23)33(29,30)27-14-6-3-7-15-27)26-25(28)18-32-22-12-10-19-8-4-5-9-20(19)16-22/h4-5,8-13,16-17H,2-3,6-7,14-15,18H2,1H3,(H,26,28). The number of carbonyl (C=O) groups is 1. The number of nitrogens with zero attached hydrogens (tertiary/aromatic N) is 1. The van der Waals surface area contributed by atoms with Gasteiger partial charge in [-0.05, 0) is 60.9 Å². The summed E-state index contributed by atoms with van der Waals surface area (Å²) in [5, 5.41) is 4.84. The topological polar surface area (TPSA) is 84.9 Å². The van der Waals surface area contributed by atoms with Gasteiger partial charge in [-0.1, -0.05) is 36.8 Å². The fourth-order valence-corrected chi connectivity index (χ4v) is 5.58. The van der Waals surface area contributed by atoms with Crippen LogP contribution >= 0.6 is 0 Å². The molecule has 0 bridgehead atoms. The van der Waals surface area contributed by atoms with Crippen molar-refractivity contribution in [3.8, 4) is 11.5 Å². The van der Waals surface area contributed by atoms with Crippen molar-refractivity contribution in [2.45, 2.75) is 31.1 Å². The predicted molar refractivity (Wildman–Crippen MR) is 128 cm³/mol. The molecular formula is C25H28N2O5S. The van der Waals surface area contributed by atoms with Crippen LogP contribution in [0.25, 0.3) is 10.8 Å². The van der Waals surface area contributed by atoms with Gasteiger partial charge in [0, 0.05) is 18.8 Å². The molecule has 4 rings (SSSR count). The van der Waals surface area contributed by atoms with Crippen LogP contribution in [0.4, 0.5) is 5.69 Å². The third-order valence-electron chi connectivity index (χ3n) is 5.55. The van der Waals surface area contributed by atoms with E-state index in [9.17, 15) is 13.2 Å². The second-order valence-electron chi connectivity index (χ2n) is 7.91. The molecule has 1 amide bonds. The van der Waals surface area contributed by atoms with Gasteiger partial charge in [0.1, 0.15) is 16.4 Å². The maximum Gasteiger partial charge on any atom is 0.262 e. The van der Waals surface area contributed by atoms with E-state index < -0.39 is 10.0 Å². The average molecular weight is 469 g/mol. The lowest BCUT2D eigenvalue weighted by Crippen LogP contribution is -2.35. The van der Waals surface area contributed by atoms with Crippen molar-refractivity contribution in [1.29, 1.82) is 0 Å². The Kier molecular flexibility index (Phi) is 7.15. The van der Waals surface area contributed by atoms with E-state index in [-0.39, 0.29) is 23.2 Å². The minimum Gasteiger partial charge on any atom is -0.492 e. The lowest BCUT2D eigenvalue weighted by Gasteiger charge is -2.27. The van der Waals surface area contributed by atoms with E-state index in [1.807, 2.05) is 42.5 Å². The summed E-state index contributed by atoms with van der Waals surface area (Å²) >= 11 is 0. The number of fused-ring (bicyclic) bond motifs is 1. The van der Waals surface area contributed by atoms with Crippen LogP contribution < -0.4 is 14.8 Å². The highest BCUT2D eigenvalue weighted by Crippen LogP contribution is 2.31. The molecule has 0 spiro atoms. The Morgan fingerprint density at radius 2 is 1.70 bits per heavy atom. The largest absolute Gasteiger partial charge is 0.492 e. The Morgan fingerprint density at radius 1 is 0.939 bits per heavy atom. The number of hydrogen-bond acceptors (Lipinski definition) is 5. The maximum absolute atomic E-state index is 13.2. The molecule has 0 unspecified atom stereocenters. The third kappa shape index (κ3) is 5.46. The smallest absolute Gasteiger partial charge is 0.262 e. The van der Waals surface area contributed by atoms with Crippen LogP contribution in [0.15, 0.2) is 65.6 Å². The van der Waals surface area contributed by atoms with E-state index >= 15 is 0 Å². The van der Waals surface area contributed by atoms with Crippen LogP contribution in [-0.2, 0) is 14.8 Å². The first kappa shape index (κ1) is 23.1. The second kappa shape index (κ2) is 10.2. The number of hydrogen-bond donors (Lipinski definition) is 1. The molecule has 0 saturated carbocycles. The van der Waals surface area contributed by atoms with Crippen LogP contribution in [0.5, 0.6) is 11.5 Å². The number of ether oxygens (including phenoxy) is 2. The van der Waals surface area contributed by atoms with Gasteiger partial charge in [-0.25, -0.2) is 8.42 Å². The monoisotopic (exact) mass is 468 g/mol. The molecule has 0 radical (unpaired) electrons. The zero-order valence-electron chi connectivity index (χ0n) is 18.6. The molecular weight excluding hydrogens is 440 g/mol. The summed E-state index contributed by atoms with van der Waals surface area (Å²) in [6.45, 7) is 2.93. The van der Waals surface area contributed by atoms with Crippen molar-refractivity contribution >= 4 is 32.4 Å². The van der Waals surface area contributed by atoms with Gasteiger partial charge < -0.3 is 14.8 Å². The Morgan fingerprint density at radius 3 is 2.45 bits per heavy atom. The molecule has 1 fully saturated rings. The number of benzene rings is 3. The van der Waals surface area contributed by atoms with Crippen LogP contribution in [-0.4, -0.2) is 44.9 Å². The predicted octanol–water partition coefficient (Wildman–Crippen LogP) is 4.43. The van der Waals surface area contributed by atoms with Crippen molar-refractivity contribution in [2.75, 3.05) is 31.6 Å². The van der Waals surface area contributed by atoms with Crippen LogP contribution in [0.2, 0.25) is 0 Å². The number of piperidine rings is 1. The van der Waals surface area contributed by atoms with Crippen LogP contribution in [0.3, 0.4) is 0 Å². The fraction of sp³-hybridized carbons (Fsp3) is 0.320. The second-order valence-corrected chi connectivity index (χ2v) is 9.81. The summed E-state index contributed by atoms with van der Waals surface area (Å²) in [6.07, 6.45) is 2.70. The highest BCUT2D eigenvalue weighted by atomic mass is 32.2. The zero-order chi connectivity index (χ0) is 23.3. The van der Waals surface area contributed by atoms with Crippen molar-refractivity contribution in [3.05, 3.63) is 60.7 Å². The van der Waals surface area contributed by atoms with Crippen molar-refractivity contribution in [3.63, 3.8) is 0 Å². The van der Waals surface area contributed by atoms with Gasteiger partial charge in [-0.3, -0.25) is 4.79 Å². The minimum absolute atomic E-state index is 0.0690. The normalized spacial score (nSPS) is 14.7. The van der Waals surface area contributed by atoms with E-state index in [4.69, 9.17) is 9.47 Å². The van der Waals surface area contributed by atoms with Crippen LogP contribution in [0, 0.1) is 0 Å². The molecule has 0 atom stereocenters. The van der Waals surface area contributed by atoms with E-state index in [1.54, 1.807) is 19.1 Å². The molecule has 174 valence electrons. The van der Waals surface area contributed by atoms with Crippen molar-refractivity contribution in [1.82, 2.24) is 4.31 Å². The maximum atomic E-state index is 13.2. The number of carbonyl (C=O) groups excluding carboxylic acids is 1. The third-order valence-corrected chi connectivity index (χ3v) is 7.47. The van der Waals surface area contributed by atoms with E-state index in [0.29, 0.717) is 31.1 Å². The molecule has 1 saturated heterocycles. The zero-order valence-corrected chi connectivity index (χ0v) is 19.4. The van der Waals surface area contributed by atoms with Gasteiger partial charge in [0.15, 0.2) is 6.61 Å². The van der Waals surface area contributed by atoms with Gasteiger partial charge in [-0.2, -0.15) is 4.31 Å². The SMILES string of the molecule is CCOc1ccc(NC(=O)COc2ccc3ccccc3c2)cc1S(=O)(=O)N1CCCCC1. The Balaban J connectivity index is 1.47. The summed E-state index contributed by atoms with van der Waals surface area (Å²) in [5.41, 5.74) is 0.376. The molecule has 33 heavy (non-hydrogen) atoms. The molecule has 0 aromatic heterocycles. The van der Waals surface area contributed by atoms with Gasteiger partial charge in [-0.15, -0.1) is 0 Å². The molecule has 1 aliphatic heterocycles. The van der Waals surface area contributed by atoms with Gasteiger partial charge in [0.05, 0.1) is 6.61 Å². The van der Waals surface area contributed by atoms with Gasteiger partial charge in [0.25, 0.3) is 5.91 Å². The summed E-state index contributed by atoms with van der Waals surface area (Å²) in [6, 6.07) is 18.2. The number of sulfonamides is 1. The summed E-state index contributed by atoms with van der Waals surface area (Å²) in [4.78, 5) is 12.6. The molecule has 1 N–H and O–H groups in total. The number of rotatable bonds is 8. The molecule has 7 nitrogen and oxygen atoms in total. The average Bonchev–Trinajstić information content (AvgIpc) is 2.84. The Labute approximate surface area is 194 Å². The first-order valence-corrected chi connectivity index (χ1v) is 12.6. The van der Waals surface area contributed by atoms with Gasteiger partial charge in [0.2, 0.25) is 10.0 Å². The van der Waals surface area contributed by atoms with E-state index in [0.717, 1.165) is 30.0 Å². The van der Waals surface area contributed by atoms with E-state index in [2.05, 4.69) is 5.32 Å². The lowest BCUT2D eigenvalue weighted by atomic mass is 10.1. The first-order chi connectivity index (χ1) is 16.0. The quantitative estimate of drug-likeness (QED) is 0.529. The van der Waals surface area contributed by atoms with Crippen molar-refractivity contribution < 1.29 is 22.7 Å². The Bertz CT molecular complexity index is 1240. The Hall–Kier alpha value is -3.10.